The standard InChI is InChI=1S/C32H37N3O2/c1-4-35(17-27-19(2)33-29-23-11-7-5-9-21(23)13-15-25(29)31(27)36)18-28-20(3)34-30-24-12-8-6-10-22(24)14-16-26(30)32(28)37/h13-16H,4-12,17-18H2,1-3H3,(H,33,36)(H,34,37). The van der Waals surface area contributed by atoms with Crippen molar-refractivity contribution in [2.75, 3.05) is 6.54 Å². The number of nitrogens with one attached hydrogen (secondary N) is 2. The van der Waals surface area contributed by atoms with Crippen LogP contribution in [0, 0.1) is 13.8 Å². The van der Waals surface area contributed by atoms with E-state index >= 15 is 0 Å². The molecule has 2 N–H and O–H groups in total. The van der Waals surface area contributed by atoms with E-state index in [0.29, 0.717) is 13.1 Å². The van der Waals surface area contributed by atoms with Crippen LogP contribution < -0.4 is 10.9 Å². The lowest BCUT2D eigenvalue weighted by Crippen LogP contribution is -2.30. The van der Waals surface area contributed by atoms with E-state index in [2.05, 4.69) is 33.9 Å². The molecule has 4 aromatic rings. The first-order valence-corrected chi connectivity index (χ1v) is 14.0. The molecule has 0 saturated heterocycles. The molecular formula is C32H37N3O2. The quantitative estimate of drug-likeness (QED) is 0.370. The van der Waals surface area contributed by atoms with Gasteiger partial charge in [0.25, 0.3) is 0 Å². The molecular weight excluding hydrogens is 458 g/mol. The summed E-state index contributed by atoms with van der Waals surface area (Å²) in [7, 11) is 0. The molecule has 2 aromatic heterocycles. The predicted octanol–water partition coefficient (Wildman–Crippen LogP) is 5.77. The van der Waals surface area contributed by atoms with Crippen LogP contribution in [0.25, 0.3) is 21.8 Å². The van der Waals surface area contributed by atoms with Crippen LogP contribution >= 0.6 is 0 Å². The topological polar surface area (TPSA) is 69.0 Å². The summed E-state index contributed by atoms with van der Waals surface area (Å²) in [4.78, 5) is 36.8. The Labute approximate surface area is 217 Å². The van der Waals surface area contributed by atoms with Gasteiger partial charge in [-0.3, -0.25) is 14.5 Å². The van der Waals surface area contributed by atoms with Gasteiger partial charge in [-0.15, -0.1) is 0 Å². The fourth-order valence-corrected chi connectivity index (χ4v) is 6.62. The van der Waals surface area contributed by atoms with E-state index in [9.17, 15) is 9.59 Å². The molecule has 37 heavy (non-hydrogen) atoms. The molecule has 5 heteroatoms. The highest BCUT2D eigenvalue weighted by molar-refractivity contribution is 5.85. The number of benzene rings is 2. The molecule has 2 aromatic carbocycles. The van der Waals surface area contributed by atoms with E-state index in [4.69, 9.17) is 0 Å². The van der Waals surface area contributed by atoms with Crippen LogP contribution in [0.2, 0.25) is 0 Å². The Morgan fingerprint density at radius 2 is 1.11 bits per heavy atom. The lowest BCUT2D eigenvalue weighted by atomic mass is 9.89. The van der Waals surface area contributed by atoms with Crippen LogP contribution in [0.5, 0.6) is 0 Å². The van der Waals surface area contributed by atoms with E-state index in [1.54, 1.807) is 0 Å². The number of aromatic nitrogens is 2. The van der Waals surface area contributed by atoms with Gasteiger partial charge in [-0.05, 0) is 106 Å². The predicted molar refractivity (Wildman–Crippen MR) is 152 cm³/mol. The molecule has 192 valence electrons. The Hall–Kier alpha value is -3.18. The Morgan fingerprint density at radius 3 is 1.54 bits per heavy atom. The third-order valence-corrected chi connectivity index (χ3v) is 8.84. The highest BCUT2D eigenvalue weighted by Gasteiger charge is 2.21. The van der Waals surface area contributed by atoms with Crippen molar-refractivity contribution in [1.82, 2.24) is 14.9 Å². The number of hydrogen-bond acceptors (Lipinski definition) is 3. The molecule has 0 aliphatic heterocycles. The minimum atomic E-state index is 0.119. The van der Waals surface area contributed by atoms with Gasteiger partial charge in [0.05, 0.1) is 11.0 Å². The Balaban J connectivity index is 1.36. The molecule has 0 unspecified atom stereocenters. The van der Waals surface area contributed by atoms with Crippen molar-refractivity contribution in [3.05, 3.63) is 89.5 Å². The van der Waals surface area contributed by atoms with Crippen molar-refractivity contribution in [1.29, 1.82) is 0 Å². The smallest absolute Gasteiger partial charge is 0.194 e. The van der Waals surface area contributed by atoms with E-state index in [1.165, 1.54) is 47.9 Å². The molecule has 2 heterocycles. The maximum Gasteiger partial charge on any atom is 0.194 e. The first-order valence-electron chi connectivity index (χ1n) is 14.0. The number of rotatable bonds is 5. The lowest BCUT2D eigenvalue weighted by Gasteiger charge is -2.24. The Morgan fingerprint density at radius 1 is 0.676 bits per heavy atom. The van der Waals surface area contributed by atoms with Gasteiger partial charge in [-0.2, -0.15) is 0 Å². The van der Waals surface area contributed by atoms with Gasteiger partial charge < -0.3 is 9.97 Å². The van der Waals surface area contributed by atoms with Gasteiger partial charge in [0.15, 0.2) is 10.9 Å². The van der Waals surface area contributed by atoms with Crippen molar-refractivity contribution in [3.63, 3.8) is 0 Å². The molecule has 0 fully saturated rings. The SMILES string of the molecule is CCN(Cc1c(C)[nH]c2c3c(ccc2c1=O)CCCC3)Cc1c(C)[nH]c2c3c(ccc2c1=O)CCCC3. The maximum absolute atomic E-state index is 13.7. The summed E-state index contributed by atoms with van der Waals surface area (Å²) < 4.78 is 0. The van der Waals surface area contributed by atoms with E-state index in [0.717, 1.165) is 76.5 Å². The zero-order valence-corrected chi connectivity index (χ0v) is 22.4. The maximum atomic E-state index is 13.7. The van der Waals surface area contributed by atoms with Crippen molar-refractivity contribution < 1.29 is 0 Å². The molecule has 2 aliphatic rings. The Kier molecular flexibility index (Phi) is 6.28. The van der Waals surface area contributed by atoms with Crippen LogP contribution in [-0.4, -0.2) is 21.4 Å². The first-order chi connectivity index (χ1) is 18.0. The molecule has 0 saturated carbocycles. The fourth-order valence-electron chi connectivity index (χ4n) is 6.62. The van der Waals surface area contributed by atoms with Crippen LogP contribution in [-0.2, 0) is 38.8 Å². The highest BCUT2D eigenvalue weighted by atomic mass is 16.1. The molecule has 0 atom stereocenters. The summed E-state index contributed by atoms with van der Waals surface area (Å²) in [5, 5.41) is 1.59. The largest absolute Gasteiger partial charge is 0.358 e. The first kappa shape index (κ1) is 24.2. The van der Waals surface area contributed by atoms with Crippen LogP contribution in [0.1, 0.15) is 77.4 Å². The average Bonchev–Trinajstić information content (AvgIpc) is 2.92. The minimum absolute atomic E-state index is 0.119. The normalized spacial score (nSPS) is 15.4. The van der Waals surface area contributed by atoms with Gasteiger partial charge >= 0.3 is 0 Å². The second-order valence-corrected chi connectivity index (χ2v) is 11.1. The molecule has 2 aliphatic carbocycles. The van der Waals surface area contributed by atoms with E-state index in [1.807, 2.05) is 26.0 Å². The second-order valence-electron chi connectivity index (χ2n) is 11.1. The average molecular weight is 496 g/mol. The van der Waals surface area contributed by atoms with Crippen LogP contribution in [0.3, 0.4) is 0 Å². The number of aryl methyl sites for hydroxylation is 6. The summed E-state index contributed by atoms with van der Waals surface area (Å²) in [6.07, 6.45) is 9.08. The number of nitrogens with zero attached hydrogens (tertiary/aromatic N) is 1. The minimum Gasteiger partial charge on any atom is -0.358 e. The summed E-state index contributed by atoms with van der Waals surface area (Å²) in [6.45, 7) is 7.93. The molecule has 0 radical (unpaired) electrons. The monoisotopic (exact) mass is 495 g/mol. The number of hydrogen-bond donors (Lipinski definition) is 2. The summed E-state index contributed by atoms with van der Waals surface area (Å²) >= 11 is 0. The second kappa shape index (κ2) is 9.60. The zero-order chi connectivity index (χ0) is 25.7. The fraction of sp³-hybridized carbons (Fsp3) is 0.438. The van der Waals surface area contributed by atoms with Gasteiger partial charge in [0.2, 0.25) is 0 Å². The number of fused-ring (bicyclic) bond motifs is 6. The zero-order valence-electron chi connectivity index (χ0n) is 22.4. The van der Waals surface area contributed by atoms with Gasteiger partial charge in [-0.1, -0.05) is 19.1 Å². The third-order valence-electron chi connectivity index (χ3n) is 8.84. The summed E-state index contributed by atoms with van der Waals surface area (Å²) in [5.74, 6) is 0. The van der Waals surface area contributed by atoms with Crippen molar-refractivity contribution in [2.45, 2.75) is 85.2 Å². The summed E-state index contributed by atoms with van der Waals surface area (Å²) in [5.41, 5.74) is 11.2. The molecule has 0 spiro atoms. The molecule has 6 rings (SSSR count). The van der Waals surface area contributed by atoms with Crippen molar-refractivity contribution in [2.24, 2.45) is 0 Å². The van der Waals surface area contributed by atoms with Crippen LogP contribution in [0.15, 0.2) is 33.9 Å². The number of H-pyrrole nitrogens is 2. The summed E-state index contributed by atoms with van der Waals surface area (Å²) in [6, 6.07) is 8.33. The lowest BCUT2D eigenvalue weighted by molar-refractivity contribution is 0.268. The van der Waals surface area contributed by atoms with Gasteiger partial charge in [0.1, 0.15) is 0 Å². The molecule has 0 amide bonds. The third kappa shape index (κ3) is 4.14. The van der Waals surface area contributed by atoms with Crippen molar-refractivity contribution in [3.8, 4) is 0 Å². The van der Waals surface area contributed by atoms with Gasteiger partial charge in [-0.25, -0.2) is 0 Å². The Bertz CT molecular complexity index is 1520. The van der Waals surface area contributed by atoms with Crippen LogP contribution in [0.4, 0.5) is 0 Å². The van der Waals surface area contributed by atoms with Gasteiger partial charge in [0, 0.05) is 46.4 Å². The highest BCUT2D eigenvalue weighted by Crippen LogP contribution is 2.29. The van der Waals surface area contributed by atoms with Crippen molar-refractivity contribution >= 4 is 21.8 Å². The number of pyridine rings is 2. The number of aromatic amines is 2. The van der Waals surface area contributed by atoms with E-state index in [-0.39, 0.29) is 10.9 Å². The molecule has 5 nitrogen and oxygen atoms in total. The van der Waals surface area contributed by atoms with E-state index < -0.39 is 0 Å². The molecule has 0 bridgehead atoms.